The molecule has 0 amide bonds. The van der Waals surface area contributed by atoms with Gasteiger partial charge in [-0.1, -0.05) is 24.3 Å². The van der Waals surface area contributed by atoms with Crippen molar-refractivity contribution in [3.8, 4) is 0 Å². The summed E-state index contributed by atoms with van der Waals surface area (Å²) in [7, 11) is 1.78. The molecule has 0 saturated carbocycles. The smallest absolute Gasteiger partial charge is 0.191 e. The molecule has 0 aliphatic rings. The lowest BCUT2D eigenvalue weighted by molar-refractivity contribution is 0.0453. The van der Waals surface area contributed by atoms with Crippen LogP contribution in [0.3, 0.4) is 0 Å². The second kappa shape index (κ2) is 13.9. The zero-order valence-electron chi connectivity index (χ0n) is 17.1. The van der Waals surface area contributed by atoms with Crippen LogP contribution in [0.15, 0.2) is 29.3 Å². The van der Waals surface area contributed by atoms with Gasteiger partial charge in [0.25, 0.3) is 0 Å². The number of aryl methyl sites for hydroxylation is 2. The van der Waals surface area contributed by atoms with Gasteiger partial charge in [-0.2, -0.15) is 0 Å². The predicted molar refractivity (Wildman–Crippen MR) is 127 cm³/mol. The molecular weight excluding hydrogens is 487 g/mol. The minimum Gasteiger partial charge on any atom is -0.379 e. The third-order valence-electron chi connectivity index (χ3n) is 3.94. The molecule has 0 spiro atoms. The number of hydrogen-bond acceptors (Lipinski definition) is 5. The first-order valence-electron chi connectivity index (χ1n) is 9.23. The molecule has 0 bridgehead atoms. The SMILES string of the molecule is CCOCCOCc1cccc(CNC(=NC)NCc2sc(C)nc2C)c1.I. The van der Waals surface area contributed by atoms with Gasteiger partial charge in [-0.05, 0) is 31.9 Å². The van der Waals surface area contributed by atoms with E-state index in [9.17, 15) is 0 Å². The van der Waals surface area contributed by atoms with E-state index in [1.807, 2.05) is 20.8 Å². The van der Waals surface area contributed by atoms with Crippen molar-refractivity contribution in [1.29, 1.82) is 0 Å². The molecule has 0 unspecified atom stereocenters. The maximum atomic E-state index is 5.64. The van der Waals surface area contributed by atoms with Crippen LogP contribution in [0.5, 0.6) is 0 Å². The average molecular weight is 518 g/mol. The molecule has 156 valence electrons. The normalized spacial score (nSPS) is 11.2. The van der Waals surface area contributed by atoms with Gasteiger partial charge in [0.2, 0.25) is 0 Å². The van der Waals surface area contributed by atoms with E-state index in [-0.39, 0.29) is 24.0 Å². The van der Waals surface area contributed by atoms with Gasteiger partial charge in [0.15, 0.2) is 5.96 Å². The van der Waals surface area contributed by atoms with Crippen LogP contribution in [0.25, 0.3) is 0 Å². The maximum Gasteiger partial charge on any atom is 0.191 e. The third-order valence-corrected chi connectivity index (χ3v) is 5.01. The molecule has 0 aliphatic heterocycles. The first-order chi connectivity index (χ1) is 13.1. The summed E-state index contributed by atoms with van der Waals surface area (Å²) < 4.78 is 10.9. The fourth-order valence-electron chi connectivity index (χ4n) is 2.59. The lowest BCUT2D eigenvalue weighted by atomic mass is 10.1. The highest BCUT2D eigenvalue weighted by Crippen LogP contribution is 2.16. The molecule has 0 fully saturated rings. The highest BCUT2D eigenvalue weighted by Gasteiger charge is 2.06. The van der Waals surface area contributed by atoms with E-state index in [4.69, 9.17) is 9.47 Å². The summed E-state index contributed by atoms with van der Waals surface area (Å²) >= 11 is 1.72. The molecule has 1 aromatic heterocycles. The van der Waals surface area contributed by atoms with E-state index in [0.717, 1.165) is 35.4 Å². The van der Waals surface area contributed by atoms with Crippen molar-refractivity contribution in [1.82, 2.24) is 15.6 Å². The molecule has 0 atom stereocenters. The number of aromatic nitrogens is 1. The van der Waals surface area contributed by atoms with Gasteiger partial charge in [0.1, 0.15) is 0 Å². The van der Waals surface area contributed by atoms with Gasteiger partial charge in [-0.15, -0.1) is 35.3 Å². The number of rotatable bonds is 10. The largest absolute Gasteiger partial charge is 0.379 e. The number of aliphatic imine (C=N–C) groups is 1. The topological polar surface area (TPSA) is 67.8 Å². The third kappa shape index (κ3) is 8.85. The van der Waals surface area contributed by atoms with E-state index in [0.29, 0.717) is 26.4 Å². The predicted octanol–water partition coefficient (Wildman–Crippen LogP) is 3.80. The molecular formula is C20H31IN4O2S. The van der Waals surface area contributed by atoms with Gasteiger partial charge in [0, 0.05) is 25.1 Å². The van der Waals surface area contributed by atoms with Crippen molar-refractivity contribution >= 4 is 41.3 Å². The Balaban J connectivity index is 0.00000392. The molecule has 2 N–H and O–H groups in total. The zero-order chi connectivity index (χ0) is 19.5. The van der Waals surface area contributed by atoms with Crippen LogP contribution in [-0.4, -0.2) is 37.8 Å². The van der Waals surface area contributed by atoms with E-state index in [1.165, 1.54) is 10.4 Å². The number of thiazole rings is 1. The van der Waals surface area contributed by atoms with E-state index >= 15 is 0 Å². The maximum absolute atomic E-state index is 5.64. The number of ether oxygens (including phenoxy) is 2. The summed E-state index contributed by atoms with van der Waals surface area (Å²) in [6, 6.07) is 8.38. The summed E-state index contributed by atoms with van der Waals surface area (Å²) in [5, 5.41) is 7.80. The van der Waals surface area contributed by atoms with Crippen LogP contribution in [0.1, 0.15) is 33.6 Å². The second-order valence-electron chi connectivity index (χ2n) is 6.09. The van der Waals surface area contributed by atoms with Crippen LogP contribution < -0.4 is 10.6 Å². The Kier molecular flexibility index (Phi) is 12.3. The van der Waals surface area contributed by atoms with Crippen molar-refractivity contribution in [2.45, 2.75) is 40.5 Å². The molecule has 0 saturated heterocycles. The standard InChI is InChI=1S/C20H30N4O2S.HI/c1-5-25-9-10-26-14-18-8-6-7-17(11-18)12-22-20(21-4)23-13-19-15(2)24-16(3)27-19;/h6-8,11H,5,9-10,12-14H2,1-4H3,(H2,21,22,23);1H. The molecule has 1 aromatic carbocycles. The number of nitrogens with zero attached hydrogens (tertiary/aromatic N) is 2. The van der Waals surface area contributed by atoms with E-state index in [2.05, 4.69) is 44.9 Å². The Bertz CT molecular complexity index is 737. The monoisotopic (exact) mass is 518 g/mol. The molecule has 2 rings (SSSR count). The van der Waals surface area contributed by atoms with Gasteiger partial charge in [-0.25, -0.2) is 4.98 Å². The van der Waals surface area contributed by atoms with Crippen molar-refractivity contribution < 1.29 is 9.47 Å². The molecule has 2 aromatic rings. The lowest BCUT2D eigenvalue weighted by Gasteiger charge is -2.12. The van der Waals surface area contributed by atoms with Crippen molar-refractivity contribution in [3.63, 3.8) is 0 Å². The van der Waals surface area contributed by atoms with Gasteiger partial charge in [0.05, 0.1) is 37.1 Å². The van der Waals surface area contributed by atoms with Crippen LogP contribution in [0, 0.1) is 13.8 Å². The fraction of sp³-hybridized carbons (Fsp3) is 0.500. The van der Waals surface area contributed by atoms with Crippen molar-refractivity contribution in [3.05, 3.63) is 51.0 Å². The summed E-state index contributed by atoms with van der Waals surface area (Å²) in [6.07, 6.45) is 0. The molecule has 28 heavy (non-hydrogen) atoms. The highest BCUT2D eigenvalue weighted by molar-refractivity contribution is 14.0. The number of guanidine groups is 1. The van der Waals surface area contributed by atoms with Gasteiger partial charge < -0.3 is 20.1 Å². The highest BCUT2D eigenvalue weighted by atomic mass is 127. The molecule has 6 nitrogen and oxygen atoms in total. The zero-order valence-corrected chi connectivity index (χ0v) is 20.2. The van der Waals surface area contributed by atoms with Crippen LogP contribution in [-0.2, 0) is 29.2 Å². The van der Waals surface area contributed by atoms with Crippen LogP contribution in [0.4, 0.5) is 0 Å². The molecule has 0 aliphatic carbocycles. The van der Waals surface area contributed by atoms with Gasteiger partial charge in [-0.3, -0.25) is 4.99 Å². The second-order valence-corrected chi connectivity index (χ2v) is 7.38. The Morgan fingerprint density at radius 3 is 2.50 bits per heavy atom. The average Bonchev–Trinajstić information content (AvgIpc) is 2.99. The molecule has 8 heteroatoms. The van der Waals surface area contributed by atoms with E-state index < -0.39 is 0 Å². The van der Waals surface area contributed by atoms with Crippen LogP contribution >= 0.6 is 35.3 Å². The number of nitrogens with one attached hydrogen (secondary N) is 2. The Hall–Kier alpha value is -1.23. The van der Waals surface area contributed by atoms with Crippen LogP contribution in [0.2, 0.25) is 0 Å². The number of halogens is 1. The summed E-state index contributed by atoms with van der Waals surface area (Å²) in [4.78, 5) is 9.99. The fourth-order valence-corrected chi connectivity index (χ4v) is 3.47. The lowest BCUT2D eigenvalue weighted by Crippen LogP contribution is -2.36. The quantitative estimate of drug-likeness (QED) is 0.217. The minimum atomic E-state index is 0. The summed E-state index contributed by atoms with van der Waals surface area (Å²) in [6.45, 7) is 10.1. The van der Waals surface area contributed by atoms with Crippen molar-refractivity contribution in [2.75, 3.05) is 26.9 Å². The first kappa shape index (κ1) is 24.8. The summed E-state index contributed by atoms with van der Waals surface area (Å²) in [5.41, 5.74) is 3.43. The number of benzene rings is 1. The van der Waals surface area contributed by atoms with Crippen molar-refractivity contribution in [2.24, 2.45) is 4.99 Å². The Morgan fingerprint density at radius 2 is 1.82 bits per heavy atom. The molecule has 1 heterocycles. The van der Waals surface area contributed by atoms with Gasteiger partial charge >= 0.3 is 0 Å². The Labute approximate surface area is 189 Å². The first-order valence-corrected chi connectivity index (χ1v) is 10.0. The number of hydrogen-bond donors (Lipinski definition) is 2. The van der Waals surface area contributed by atoms with E-state index in [1.54, 1.807) is 18.4 Å². The Morgan fingerprint density at radius 1 is 1.11 bits per heavy atom. The molecule has 0 radical (unpaired) electrons. The summed E-state index contributed by atoms with van der Waals surface area (Å²) in [5.74, 6) is 0.777. The minimum absolute atomic E-state index is 0.